The highest BCUT2D eigenvalue weighted by Gasteiger charge is 2.32. The standard InChI is InChI=1S/C18H21ClN2/c19-17-13-21-11-8-16(17)12-18(20)9-6-15(7-10-18)14-4-2-1-3-5-14/h1-5,8,11,13,15H,6-7,9-10,12,20H2. The predicted molar refractivity (Wildman–Crippen MR) is 87.5 cm³/mol. The number of hydrogen-bond donors (Lipinski definition) is 1. The van der Waals surface area contributed by atoms with Crippen molar-refractivity contribution in [2.45, 2.75) is 43.6 Å². The highest BCUT2D eigenvalue weighted by molar-refractivity contribution is 6.31. The first kappa shape index (κ1) is 14.6. The molecule has 0 saturated heterocycles. The summed E-state index contributed by atoms with van der Waals surface area (Å²) in [5.74, 6) is 0.649. The molecule has 1 aliphatic carbocycles. The lowest BCUT2D eigenvalue weighted by Gasteiger charge is -2.37. The van der Waals surface area contributed by atoms with Gasteiger partial charge in [-0.05, 0) is 55.2 Å². The van der Waals surface area contributed by atoms with Gasteiger partial charge in [0.1, 0.15) is 0 Å². The number of nitrogens with two attached hydrogens (primary N) is 1. The van der Waals surface area contributed by atoms with Crippen LogP contribution in [0.3, 0.4) is 0 Å². The second-order valence-electron chi connectivity index (χ2n) is 6.19. The number of pyridine rings is 1. The van der Waals surface area contributed by atoms with Crippen molar-refractivity contribution < 1.29 is 0 Å². The predicted octanol–water partition coefficient (Wildman–Crippen LogP) is 4.33. The van der Waals surface area contributed by atoms with E-state index in [1.165, 1.54) is 5.56 Å². The summed E-state index contributed by atoms with van der Waals surface area (Å²) >= 11 is 6.21. The number of halogens is 1. The van der Waals surface area contributed by atoms with Crippen LogP contribution < -0.4 is 5.73 Å². The molecular weight excluding hydrogens is 280 g/mol. The number of benzene rings is 1. The molecule has 21 heavy (non-hydrogen) atoms. The van der Waals surface area contributed by atoms with Crippen LogP contribution in [0.5, 0.6) is 0 Å². The van der Waals surface area contributed by atoms with Crippen LogP contribution in [0.25, 0.3) is 0 Å². The van der Waals surface area contributed by atoms with Crippen molar-refractivity contribution >= 4 is 11.6 Å². The van der Waals surface area contributed by atoms with Crippen LogP contribution in [0.2, 0.25) is 5.02 Å². The van der Waals surface area contributed by atoms with Crippen molar-refractivity contribution in [2.24, 2.45) is 5.73 Å². The van der Waals surface area contributed by atoms with Crippen LogP contribution in [0.4, 0.5) is 0 Å². The minimum absolute atomic E-state index is 0.129. The molecule has 3 heteroatoms. The molecule has 0 radical (unpaired) electrons. The first-order valence-electron chi connectivity index (χ1n) is 7.58. The Kier molecular flexibility index (Phi) is 4.27. The van der Waals surface area contributed by atoms with E-state index >= 15 is 0 Å². The molecule has 2 nitrogen and oxygen atoms in total. The lowest BCUT2D eigenvalue weighted by molar-refractivity contribution is 0.271. The topological polar surface area (TPSA) is 38.9 Å². The molecule has 0 spiro atoms. The van der Waals surface area contributed by atoms with Gasteiger partial charge in [0.25, 0.3) is 0 Å². The molecule has 2 aromatic rings. The van der Waals surface area contributed by atoms with Crippen LogP contribution >= 0.6 is 11.6 Å². The lowest BCUT2D eigenvalue weighted by atomic mass is 9.72. The molecule has 3 rings (SSSR count). The summed E-state index contributed by atoms with van der Waals surface area (Å²) in [4.78, 5) is 4.04. The highest BCUT2D eigenvalue weighted by atomic mass is 35.5. The van der Waals surface area contributed by atoms with E-state index in [1.54, 1.807) is 12.4 Å². The first-order chi connectivity index (χ1) is 10.2. The Labute approximate surface area is 131 Å². The van der Waals surface area contributed by atoms with Gasteiger partial charge in [-0.25, -0.2) is 0 Å². The lowest BCUT2D eigenvalue weighted by Crippen LogP contribution is -2.45. The Morgan fingerprint density at radius 1 is 1.14 bits per heavy atom. The SMILES string of the molecule is NC1(Cc2ccncc2Cl)CCC(c2ccccc2)CC1. The van der Waals surface area contributed by atoms with Crippen LogP contribution in [0.15, 0.2) is 48.8 Å². The van der Waals surface area contributed by atoms with E-state index in [-0.39, 0.29) is 5.54 Å². The van der Waals surface area contributed by atoms with E-state index in [0.29, 0.717) is 5.92 Å². The Morgan fingerprint density at radius 2 is 1.86 bits per heavy atom. The van der Waals surface area contributed by atoms with Crippen molar-refractivity contribution in [1.82, 2.24) is 4.98 Å². The van der Waals surface area contributed by atoms with Gasteiger partial charge in [-0.2, -0.15) is 0 Å². The van der Waals surface area contributed by atoms with Crippen LogP contribution in [-0.4, -0.2) is 10.5 Å². The average molecular weight is 301 g/mol. The van der Waals surface area contributed by atoms with E-state index in [9.17, 15) is 0 Å². The Bertz CT molecular complexity index is 589. The second-order valence-corrected chi connectivity index (χ2v) is 6.60. The average Bonchev–Trinajstić information content (AvgIpc) is 2.51. The zero-order chi connectivity index (χ0) is 14.7. The fourth-order valence-corrected chi connectivity index (χ4v) is 3.54. The second kappa shape index (κ2) is 6.17. The van der Waals surface area contributed by atoms with Gasteiger partial charge in [0, 0.05) is 17.9 Å². The maximum atomic E-state index is 6.62. The maximum Gasteiger partial charge on any atom is 0.0621 e. The molecule has 1 fully saturated rings. The van der Waals surface area contributed by atoms with Gasteiger partial charge < -0.3 is 5.73 Å². The van der Waals surface area contributed by atoms with Gasteiger partial charge in [0.15, 0.2) is 0 Å². The van der Waals surface area contributed by atoms with Gasteiger partial charge in [0.05, 0.1) is 5.02 Å². The normalized spacial score (nSPS) is 25.7. The number of nitrogens with zero attached hydrogens (tertiary/aromatic N) is 1. The molecule has 1 aromatic carbocycles. The fraction of sp³-hybridized carbons (Fsp3) is 0.389. The van der Waals surface area contributed by atoms with E-state index in [2.05, 4.69) is 35.3 Å². The van der Waals surface area contributed by atoms with E-state index in [1.807, 2.05) is 6.07 Å². The molecule has 0 unspecified atom stereocenters. The fourth-order valence-electron chi connectivity index (χ4n) is 3.35. The molecule has 110 valence electrons. The Hall–Kier alpha value is -1.38. The molecular formula is C18H21ClN2. The van der Waals surface area contributed by atoms with Gasteiger partial charge in [-0.1, -0.05) is 41.9 Å². The molecule has 1 aromatic heterocycles. The Balaban J connectivity index is 1.66. The van der Waals surface area contributed by atoms with E-state index < -0.39 is 0 Å². The summed E-state index contributed by atoms with van der Waals surface area (Å²) in [6, 6.07) is 12.8. The van der Waals surface area contributed by atoms with Crippen molar-refractivity contribution in [3.8, 4) is 0 Å². The molecule has 1 aliphatic rings. The van der Waals surface area contributed by atoms with Gasteiger partial charge in [-0.15, -0.1) is 0 Å². The van der Waals surface area contributed by atoms with Crippen LogP contribution in [0, 0.1) is 0 Å². The molecule has 0 atom stereocenters. The monoisotopic (exact) mass is 300 g/mol. The summed E-state index contributed by atoms with van der Waals surface area (Å²) in [5, 5.41) is 0.729. The molecule has 1 saturated carbocycles. The number of rotatable bonds is 3. The largest absolute Gasteiger partial charge is 0.325 e. The molecule has 0 amide bonds. The summed E-state index contributed by atoms with van der Waals surface area (Å²) in [7, 11) is 0. The minimum Gasteiger partial charge on any atom is -0.325 e. The van der Waals surface area contributed by atoms with Crippen molar-refractivity contribution in [3.05, 3.63) is 64.9 Å². The third-order valence-electron chi connectivity index (χ3n) is 4.65. The van der Waals surface area contributed by atoms with Gasteiger partial charge in [0.2, 0.25) is 0 Å². The third-order valence-corrected chi connectivity index (χ3v) is 4.99. The summed E-state index contributed by atoms with van der Waals surface area (Å²) in [5.41, 5.74) is 9.06. The quantitative estimate of drug-likeness (QED) is 0.916. The van der Waals surface area contributed by atoms with Crippen LogP contribution in [0.1, 0.15) is 42.7 Å². The summed E-state index contributed by atoms with van der Waals surface area (Å²) in [6.45, 7) is 0. The summed E-state index contributed by atoms with van der Waals surface area (Å²) in [6.07, 6.45) is 8.74. The van der Waals surface area contributed by atoms with Crippen molar-refractivity contribution in [3.63, 3.8) is 0 Å². The van der Waals surface area contributed by atoms with Gasteiger partial charge >= 0.3 is 0 Å². The smallest absolute Gasteiger partial charge is 0.0621 e. The van der Waals surface area contributed by atoms with Gasteiger partial charge in [-0.3, -0.25) is 4.98 Å². The zero-order valence-corrected chi connectivity index (χ0v) is 12.9. The number of hydrogen-bond acceptors (Lipinski definition) is 2. The highest BCUT2D eigenvalue weighted by Crippen LogP contribution is 2.38. The molecule has 1 heterocycles. The third kappa shape index (κ3) is 3.45. The van der Waals surface area contributed by atoms with Crippen molar-refractivity contribution in [1.29, 1.82) is 0 Å². The first-order valence-corrected chi connectivity index (χ1v) is 7.96. The van der Waals surface area contributed by atoms with Crippen molar-refractivity contribution in [2.75, 3.05) is 0 Å². The Morgan fingerprint density at radius 3 is 2.52 bits per heavy atom. The summed E-state index contributed by atoms with van der Waals surface area (Å²) < 4.78 is 0. The minimum atomic E-state index is -0.129. The maximum absolute atomic E-state index is 6.62. The van der Waals surface area contributed by atoms with E-state index in [4.69, 9.17) is 17.3 Å². The molecule has 0 aliphatic heterocycles. The number of aromatic nitrogens is 1. The zero-order valence-electron chi connectivity index (χ0n) is 12.1. The van der Waals surface area contributed by atoms with Crippen LogP contribution in [-0.2, 0) is 6.42 Å². The molecule has 0 bridgehead atoms. The van der Waals surface area contributed by atoms with E-state index in [0.717, 1.165) is 42.7 Å². The molecule has 2 N–H and O–H groups in total.